The summed E-state index contributed by atoms with van der Waals surface area (Å²) in [6.45, 7) is 2.74. The molecule has 0 fully saturated rings. The van der Waals surface area contributed by atoms with Crippen LogP contribution in [0.1, 0.15) is 22.5 Å². The average Bonchev–Trinajstić information content (AvgIpc) is 2.56. The van der Waals surface area contributed by atoms with Crippen LogP contribution in [0.25, 0.3) is 0 Å². The van der Waals surface area contributed by atoms with Crippen molar-refractivity contribution in [1.29, 1.82) is 0 Å². The van der Waals surface area contributed by atoms with Crippen molar-refractivity contribution >= 4 is 17.3 Å². The van der Waals surface area contributed by atoms with Gasteiger partial charge < -0.3 is 10.6 Å². The van der Waals surface area contributed by atoms with Crippen LogP contribution in [0.5, 0.6) is 0 Å². The van der Waals surface area contributed by atoms with Gasteiger partial charge in [-0.25, -0.2) is 4.98 Å². The quantitative estimate of drug-likeness (QED) is 0.459. The number of anilines is 1. The van der Waals surface area contributed by atoms with Crippen molar-refractivity contribution in [2.75, 3.05) is 18.4 Å². The van der Waals surface area contributed by atoms with Crippen LogP contribution in [0.15, 0.2) is 36.8 Å². The number of nitrogens with zero attached hydrogens (tertiary/aromatic N) is 3. The topological polar surface area (TPSA) is 110 Å². The highest BCUT2D eigenvalue weighted by molar-refractivity contribution is 5.91. The van der Waals surface area contributed by atoms with Gasteiger partial charge >= 0.3 is 0 Å². The summed E-state index contributed by atoms with van der Waals surface area (Å²) < 4.78 is 0. The van der Waals surface area contributed by atoms with Crippen LogP contribution in [0.4, 0.5) is 11.4 Å². The SMILES string of the molecule is Cc1ccc(NCCCNC(=O)c2cnccn2)c([N+](=O)[O-])c1. The third-order valence-corrected chi connectivity index (χ3v) is 3.10. The molecule has 1 aromatic carbocycles. The van der Waals surface area contributed by atoms with E-state index in [1.807, 2.05) is 6.07 Å². The lowest BCUT2D eigenvalue weighted by Gasteiger charge is -2.08. The number of aryl methyl sites for hydroxylation is 1. The minimum absolute atomic E-state index is 0.0496. The van der Waals surface area contributed by atoms with E-state index in [2.05, 4.69) is 20.6 Å². The van der Waals surface area contributed by atoms with Gasteiger partial charge in [-0.15, -0.1) is 0 Å². The summed E-state index contributed by atoms with van der Waals surface area (Å²) in [6, 6.07) is 5.02. The molecule has 0 aliphatic carbocycles. The van der Waals surface area contributed by atoms with Crippen molar-refractivity contribution in [1.82, 2.24) is 15.3 Å². The number of carbonyl (C=O) groups is 1. The first-order valence-electron chi connectivity index (χ1n) is 7.11. The second-order valence-electron chi connectivity index (χ2n) is 4.90. The van der Waals surface area contributed by atoms with Crippen molar-refractivity contribution in [2.24, 2.45) is 0 Å². The number of rotatable bonds is 7. The largest absolute Gasteiger partial charge is 0.379 e. The van der Waals surface area contributed by atoms with Crippen LogP contribution in [-0.4, -0.2) is 33.9 Å². The van der Waals surface area contributed by atoms with Crippen molar-refractivity contribution < 1.29 is 9.72 Å². The smallest absolute Gasteiger partial charge is 0.292 e. The Labute approximate surface area is 133 Å². The van der Waals surface area contributed by atoms with Crippen LogP contribution >= 0.6 is 0 Å². The van der Waals surface area contributed by atoms with E-state index in [0.717, 1.165) is 5.56 Å². The van der Waals surface area contributed by atoms with Gasteiger partial charge in [0, 0.05) is 31.5 Å². The molecule has 0 aliphatic rings. The lowest BCUT2D eigenvalue weighted by atomic mass is 10.2. The molecule has 0 bridgehead atoms. The standard InChI is InChI=1S/C15H17N5O3/c1-11-3-4-12(14(9-11)20(22)23)17-5-2-6-19-15(21)13-10-16-7-8-18-13/h3-4,7-10,17H,2,5-6H2,1H3,(H,19,21). The zero-order chi connectivity index (χ0) is 16.7. The number of benzene rings is 1. The molecule has 0 saturated heterocycles. The van der Waals surface area contributed by atoms with Crippen molar-refractivity contribution in [3.63, 3.8) is 0 Å². The number of hydrogen-bond acceptors (Lipinski definition) is 6. The van der Waals surface area contributed by atoms with E-state index in [4.69, 9.17) is 0 Å². The molecule has 1 heterocycles. The second-order valence-corrected chi connectivity index (χ2v) is 4.90. The summed E-state index contributed by atoms with van der Waals surface area (Å²) in [5.41, 5.74) is 1.61. The third-order valence-electron chi connectivity index (χ3n) is 3.10. The van der Waals surface area contributed by atoms with Crippen LogP contribution in [-0.2, 0) is 0 Å². The van der Waals surface area contributed by atoms with Gasteiger partial charge in [0.15, 0.2) is 0 Å². The molecule has 1 amide bonds. The van der Waals surface area contributed by atoms with E-state index >= 15 is 0 Å². The molecule has 0 aliphatic heterocycles. The van der Waals surface area contributed by atoms with E-state index in [9.17, 15) is 14.9 Å². The Kier molecular flexibility index (Phi) is 5.56. The molecule has 2 aromatic rings. The lowest BCUT2D eigenvalue weighted by molar-refractivity contribution is -0.384. The van der Waals surface area contributed by atoms with Crippen LogP contribution in [0.2, 0.25) is 0 Å². The van der Waals surface area contributed by atoms with E-state index in [1.165, 1.54) is 24.7 Å². The fraction of sp³-hybridized carbons (Fsp3) is 0.267. The number of aromatic nitrogens is 2. The summed E-state index contributed by atoms with van der Waals surface area (Å²) in [5, 5.41) is 16.7. The fourth-order valence-corrected chi connectivity index (χ4v) is 1.96. The zero-order valence-electron chi connectivity index (χ0n) is 12.7. The predicted octanol–water partition coefficient (Wildman–Crippen LogP) is 1.93. The molecule has 2 N–H and O–H groups in total. The molecular formula is C15H17N5O3. The first-order chi connectivity index (χ1) is 11.1. The minimum atomic E-state index is -0.412. The van der Waals surface area contributed by atoms with Crippen molar-refractivity contribution in [3.8, 4) is 0 Å². The van der Waals surface area contributed by atoms with Crippen LogP contribution in [0, 0.1) is 17.0 Å². The molecule has 0 atom stereocenters. The molecule has 8 heteroatoms. The zero-order valence-corrected chi connectivity index (χ0v) is 12.7. The van der Waals surface area contributed by atoms with Gasteiger partial charge in [0.25, 0.3) is 11.6 Å². The first kappa shape index (κ1) is 16.3. The molecule has 1 aromatic heterocycles. The second kappa shape index (κ2) is 7.83. The predicted molar refractivity (Wildman–Crippen MR) is 85.3 cm³/mol. The molecule has 0 spiro atoms. The maximum Gasteiger partial charge on any atom is 0.292 e. The summed E-state index contributed by atoms with van der Waals surface area (Å²) >= 11 is 0. The molecule has 2 rings (SSSR count). The Hall–Kier alpha value is -3.03. The van der Waals surface area contributed by atoms with Gasteiger partial charge in [-0.3, -0.25) is 19.9 Å². The van der Waals surface area contributed by atoms with Crippen LogP contribution < -0.4 is 10.6 Å². The van der Waals surface area contributed by atoms with E-state index in [0.29, 0.717) is 25.2 Å². The van der Waals surface area contributed by atoms with Gasteiger partial charge in [0.2, 0.25) is 0 Å². The normalized spacial score (nSPS) is 10.1. The highest BCUT2D eigenvalue weighted by Crippen LogP contribution is 2.24. The van der Waals surface area contributed by atoms with E-state index in [-0.39, 0.29) is 17.3 Å². The Balaban J connectivity index is 1.78. The number of amides is 1. The maximum atomic E-state index is 11.7. The highest BCUT2D eigenvalue weighted by atomic mass is 16.6. The van der Waals surface area contributed by atoms with E-state index < -0.39 is 4.92 Å². The molecule has 23 heavy (non-hydrogen) atoms. The monoisotopic (exact) mass is 315 g/mol. The first-order valence-corrected chi connectivity index (χ1v) is 7.11. The maximum absolute atomic E-state index is 11.7. The van der Waals surface area contributed by atoms with Gasteiger partial charge in [0.1, 0.15) is 11.4 Å². The average molecular weight is 315 g/mol. The Bertz CT molecular complexity index is 691. The molecule has 0 unspecified atom stereocenters. The van der Waals surface area contributed by atoms with Crippen molar-refractivity contribution in [3.05, 3.63) is 58.2 Å². The number of nitro groups is 1. The Morgan fingerprint density at radius 3 is 2.83 bits per heavy atom. The molecule has 8 nitrogen and oxygen atoms in total. The van der Waals surface area contributed by atoms with E-state index in [1.54, 1.807) is 13.0 Å². The van der Waals surface area contributed by atoms with Gasteiger partial charge in [-0.05, 0) is 25.0 Å². The third kappa shape index (κ3) is 4.73. The molecule has 0 saturated carbocycles. The van der Waals surface area contributed by atoms with Gasteiger partial charge in [-0.1, -0.05) is 6.07 Å². The number of carbonyl (C=O) groups excluding carboxylic acids is 1. The van der Waals surface area contributed by atoms with Crippen LogP contribution in [0.3, 0.4) is 0 Å². The van der Waals surface area contributed by atoms with Gasteiger partial charge in [-0.2, -0.15) is 0 Å². The molecule has 120 valence electrons. The summed E-state index contributed by atoms with van der Waals surface area (Å²) in [5.74, 6) is -0.292. The molecular weight excluding hydrogens is 298 g/mol. The van der Waals surface area contributed by atoms with Crippen molar-refractivity contribution in [2.45, 2.75) is 13.3 Å². The highest BCUT2D eigenvalue weighted by Gasteiger charge is 2.13. The van der Waals surface area contributed by atoms with Gasteiger partial charge in [0.05, 0.1) is 11.1 Å². The Morgan fingerprint density at radius 2 is 2.13 bits per heavy atom. The number of nitrogens with one attached hydrogen (secondary N) is 2. The summed E-state index contributed by atoms with van der Waals surface area (Å²) in [7, 11) is 0. The number of nitro benzene ring substituents is 1. The summed E-state index contributed by atoms with van der Waals surface area (Å²) in [6.07, 6.45) is 4.96. The summed E-state index contributed by atoms with van der Waals surface area (Å²) in [4.78, 5) is 30.1. The minimum Gasteiger partial charge on any atom is -0.379 e. The lowest BCUT2D eigenvalue weighted by Crippen LogP contribution is -2.26. The molecule has 0 radical (unpaired) electrons. The number of hydrogen-bond donors (Lipinski definition) is 2. The fourth-order valence-electron chi connectivity index (χ4n) is 1.96. The Morgan fingerprint density at radius 1 is 1.30 bits per heavy atom.